The van der Waals surface area contributed by atoms with Crippen LogP contribution >= 0.6 is 0 Å². The second kappa shape index (κ2) is 10.4. The fourth-order valence-corrected chi connectivity index (χ4v) is 1.87. The number of benzene rings is 1. The second-order valence-electron chi connectivity index (χ2n) is 6.79. The minimum Gasteiger partial charge on any atom is -0.464 e. The van der Waals surface area contributed by atoms with Gasteiger partial charge in [0.05, 0.1) is 6.61 Å². The Kier molecular flexibility index (Phi) is 8.61. The Balaban J connectivity index is 2.16. The van der Waals surface area contributed by atoms with Gasteiger partial charge in [-0.2, -0.15) is 0 Å². The zero-order valence-electron chi connectivity index (χ0n) is 15.7. The first kappa shape index (κ1) is 21.5. The molecule has 0 spiro atoms. The molecular weight excluding hydrogens is 338 g/mol. The van der Waals surface area contributed by atoms with E-state index in [-0.39, 0.29) is 25.6 Å². The second-order valence-corrected chi connectivity index (χ2v) is 6.79. The monoisotopic (exact) mass is 365 g/mol. The molecular formula is C19H27NO6. The summed E-state index contributed by atoms with van der Waals surface area (Å²) in [5.74, 6) is -0.946. The lowest BCUT2D eigenvalue weighted by Crippen LogP contribution is -2.42. The highest BCUT2D eigenvalue weighted by atomic mass is 16.6. The molecule has 144 valence electrons. The Morgan fingerprint density at radius 3 is 2.35 bits per heavy atom. The van der Waals surface area contributed by atoms with Crippen LogP contribution in [0.1, 0.15) is 46.1 Å². The van der Waals surface area contributed by atoms with Gasteiger partial charge in [0.2, 0.25) is 0 Å². The SMILES string of the molecule is C[C@H](NC(=O)OC(C)(C)C)C(=O)OCCCC(=O)OCc1ccccc1. The molecule has 1 aromatic rings. The molecule has 26 heavy (non-hydrogen) atoms. The largest absolute Gasteiger partial charge is 0.464 e. The van der Waals surface area contributed by atoms with Crippen molar-refractivity contribution in [3.8, 4) is 0 Å². The average molecular weight is 365 g/mol. The lowest BCUT2D eigenvalue weighted by molar-refractivity contribution is -0.149. The van der Waals surface area contributed by atoms with E-state index >= 15 is 0 Å². The van der Waals surface area contributed by atoms with Crippen LogP contribution in [0.3, 0.4) is 0 Å². The Hall–Kier alpha value is -2.57. The van der Waals surface area contributed by atoms with Gasteiger partial charge in [-0.3, -0.25) is 4.79 Å². The smallest absolute Gasteiger partial charge is 0.408 e. The van der Waals surface area contributed by atoms with Gasteiger partial charge in [0.15, 0.2) is 0 Å². The van der Waals surface area contributed by atoms with Gasteiger partial charge in [-0.1, -0.05) is 30.3 Å². The summed E-state index contributed by atoms with van der Waals surface area (Å²) in [6.07, 6.45) is -0.196. The molecule has 1 aromatic carbocycles. The molecule has 7 heteroatoms. The number of carbonyl (C=O) groups is 3. The fraction of sp³-hybridized carbons (Fsp3) is 0.526. The summed E-state index contributed by atoms with van der Waals surface area (Å²) < 4.78 is 15.2. The summed E-state index contributed by atoms with van der Waals surface area (Å²) in [4.78, 5) is 35.0. The molecule has 0 fully saturated rings. The molecule has 0 bridgehead atoms. The number of carbonyl (C=O) groups excluding carboxylic acids is 3. The number of nitrogens with one attached hydrogen (secondary N) is 1. The van der Waals surface area contributed by atoms with Crippen molar-refractivity contribution in [2.45, 2.75) is 58.8 Å². The van der Waals surface area contributed by atoms with Gasteiger partial charge in [0.25, 0.3) is 0 Å². The van der Waals surface area contributed by atoms with Gasteiger partial charge in [-0.15, -0.1) is 0 Å². The van der Waals surface area contributed by atoms with Gasteiger partial charge in [0.1, 0.15) is 18.2 Å². The third-order valence-electron chi connectivity index (χ3n) is 3.10. The van der Waals surface area contributed by atoms with E-state index in [2.05, 4.69) is 5.32 Å². The molecule has 0 aliphatic rings. The summed E-state index contributed by atoms with van der Waals surface area (Å²) in [5, 5.41) is 2.40. The van der Waals surface area contributed by atoms with E-state index in [0.717, 1.165) is 5.56 Å². The zero-order chi connectivity index (χ0) is 19.6. The molecule has 0 heterocycles. The van der Waals surface area contributed by atoms with Crippen LogP contribution in [0.15, 0.2) is 30.3 Å². The van der Waals surface area contributed by atoms with Crippen molar-refractivity contribution in [3.05, 3.63) is 35.9 Å². The molecule has 1 rings (SSSR count). The third kappa shape index (κ3) is 9.66. The van der Waals surface area contributed by atoms with E-state index in [0.29, 0.717) is 6.42 Å². The van der Waals surface area contributed by atoms with E-state index in [9.17, 15) is 14.4 Å². The number of hydrogen-bond donors (Lipinski definition) is 1. The van der Waals surface area contributed by atoms with Gasteiger partial charge < -0.3 is 19.5 Å². The molecule has 1 amide bonds. The molecule has 0 saturated carbocycles. The summed E-state index contributed by atoms with van der Waals surface area (Å²) in [6.45, 7) is 6.97. The summed E-state index contributed by atoms with van der Waals surface area (Å²) >= 11 is 0. The number of alkyl carbamates (subject to hydrolysis) is 1. The maximum atomic E-state index is 11.8. The Morgan fingerprint density at radius 1 is 1.08 bits per heavy atom. The number of rotatable bonds is 8. The quantitative estimate of drug-likeness (QED) is 0.433. The van der Waals surface area contributed by atoms with Crippen LogP contribution in [0, 0.1) is 0 Å². The van der Waals surface area contributed by atoms with Crippen molar-refractivity contribution < 1.29 is 28.6 Å². The highest BCUT2D eigenvalue weighted by Crippen LogP contribution is 2.07. The van der Waals surface area contributed by atoms with E-state index in [4.69, 9.17) is 14.2 Å². The third-order valence-corrected chi connectivity index (χ3v) is 3.10. The minimum atomic E-state index is -0.838. The first-order chi connectivity index (χ1) is 12.2. The molecule has 7 nitrogen and oxygen atoms in total. The minimum absolute atomic E-state index is 0.0691. The molecule has 1 N–H and O–H groups in total. The van der Waals surface area contributed by atoms with Crippen molar-refractivity contribution >= 4 is 18.0 Å². The van der Waals surface area contributed by atoms with Crippen molar-refractivity contribution in [2.24, 2.45) is 0 Å². The van der Waals surface area contributed by atoms with E-state index < -0.39 is 23.7 Å². The van der Waals surface area contributed by atoms with Gasteiger partial charge in [-0.05, 0) is 39.7 Å². The Labute approximate surface area is 154 Å². The molecule has 0 radical (unpaired) electrons. The highest BCUT2D eigenvalue weighted by molar-refractivity contribution is 5.81. The van der Waals surface area contributed by atoms with Crippen LogP contribution in [-0.2, 0) is 30.4 Å². The lowest BCUT2D eigenvalue weighted by Gasteiger charge is -2.21. The predicted molar refractivity (Wildman–Crippen MR) is 95.3 cm³/mol. The van der Waals surface area contributed by atoms with Gasteiger partial charge >= 0.3 is 18.0 Å². The van der Waals surface area contributed by atoms with Crippen molar-refractivity contribution in [1.82, 2.24) is 5.32 Å². The van der Waals surface area contributed by atoms with Gasteiger partial charge in [0, 0.05) is 6.42 Å². The number of amides is 1. The summed E-state index contributed by atoms with van der Waals surface area (Å²) in [5.41, 5.74) is 0.266. The van der Waals surface area contributed by atoms with Crippen LogP contribution in [0.2, 0.25) is 0 Å². The van der Waals surface area contributed by atoms with E-state index in [1.807, 2.05) is 30.3 Å². The first-order valence-electron chi connectivity index (χ1n) is 8.53. The van der Waals surface area contributed by atoms with E-state index in [1.54, 1.807) is 20.8 Å². The normalized spacial score (nSPS) is 12.0. The van der Waals surface area contributed by atoms with Crippen molar-refractivity contribution in [1.29, 1.82) is 0 Å². The van der Waals surface area contributed by atoms with E-state index in [1.165, 1.54) is 6.92 Å². The average Bonchev–Trinajstić information content (AvgIpc) is 2.55. The molecule has 0 aliphatic heterocycles. The number of ether oxygens (including phenoxy) is 3. The standard InChI is InChI=1S/C19H27NO6/c1-14(20-18(23)26-19(2,3)4)17(22)24-12-8-11-16(21)25-13-15-9-6-5-7-10-15/h5-7,9-10,14H,8,11-13H2,1-4H3,(H,20,23)/t14-/m0/s1. The lowest BCUT2D eigenvalue weighted by atomic mass is 10.2. The highest BCUT2D eigenvalue weighted by Gasteiger charge is 2.21. The summed E-state index contributed by atoms with van der Waals surface area (Å²) in [6, 6.07) is 8.53. The fourth-order valence-electron chi connectivity index (χ4n) is 1.87. The van der Waals surface area contributed by atoms with Crippen molar-refractivity contribution in [2.75, 3.05) is 6.61 Å². The van der Waals surface area contributed by atoms with Crippen LogP contribution < -0.4 is 5.32 Å². The van der Waals surface area contributed by atoms with Gasteiger partial charge in [-0.25, -0.2) is 9.59 Å². The predicted octanol–water partition coefficient (Wildman–Crippen LogP) is 2.97. The van der Waals surface area contributed by atoms with Crippen LogP contribution in [0.5, 0.6) is 0 Å². The maximum Gasteiger partial charge on any atom is 0.408 e. The molecule has 0 aromatic heterocycles. The number of hydrogen-bond acceptors (Lipinski definition) is 6. The molecule has 1 atom stereocenters. The molecule has 0 aliphatic carbocycles. The van der Waals surface area contributed by atoms with Crippen LogP contribution in [0.4, 0.5) is 4.79 Å². The number of esters is 2. The van der Waals surface area contributed by atoms with Crippen LogP contribution in [-0.4, -0.2) is 36.3 Å². The topological polar surface area (TPSA) is 90.9 Å². The van der Waals surface area contributed by atoms with Crippen LogP contribution in [0.25, 0.3) is 0 Å². The Morgan fingerprint density at radius 2 is 1.73 bits per heavy atom. The molecule has 0 unspecified atom stereocenters. The Bertz CT molecular complexity index is 594. The maximum absolute atomic E-state index is 11.8. The zero-order valence-corrected chi connectivity index (χ0v) is 15.7. The van der Waals surface area contributed by atoms with Crippen molar-refractivity contribution in [3.63, 3.8) is 0 Å². The summed E-state index contributed by atoms with van der Waals surface area (Å²) in [7, 11) is 0. The first-order valence-corrected chi connectivity index (χ1v) is 8.53. The molecule has 0 saturated heterocycles.